The molecule has 0 heterocycles. The number of terminal acetylenes is 1. The Balaban J connectivity index is 3.07. The van der Waals surface area contributed by atoms with Crippen molar-refractivity contribution in [1.82, 2.24) is 5.32 Å². The van der Waals surface area contributed by atoms with Gasteiger partial charge < -0.3 is 5.32 Å². The molecule has 0 aliphatic carbocycles. The summed E-state index contributed by atoms with van der Waals surface area (Å²) in [6.07, 6.45) is 5.76. The molecule has 0 aliphatic rings. The molecule has 0 saturated heterocycles. The lowest BCUT2D eigenvalue weighted by Crippen LogP contribution is -2.20. The van der Waals surface area contributed by atoms with Crippen LogP contribution in [0.3, 0.4) is 0 Å². The Morgan fingerprint density at radius 1 is 1.70 bits per heavy atom. The molecule has 0 radical (unpaired) electrons. The molecule has 0 aromatic rings. The first-order chi connectivity index (χ1) is 4.81. The molecular formula is C8H12N2. The number of nitrogens with one attached hydrogen (secondary N) is 1. The number of hydrogen-bond acceptors (Lipinski definition) is 2. The minimum Gasteiger partial charge on any atom is -0.314 e. The largest absolute Gasteiger partial charge is 0.314 e. The zero-order valence-corrected chi connectivity index (χ0v) is 6.22. The van der Waals surface area contributed by atoms with Gasteiger partial charge in [0, 0.05) is 19.5 Å². The molecule has 0 rings (SSSR count). The summed E-state index contributed by atoms with van der Waals surface area (Å²) in [6, 6.07) is 2.13. The van der Waals surface area contributed by atoms with Gasteiger partial charge in [0.25, 0.3) is 0 Å². The monoisotopic (exact) mass is 136 g/mol. The summed E-state index contributed by atoms with van der Waals surface area (Å²) >= 11 is 0. The lowest BCUT2D eigenvalue weighted by atomic mass is 10.2. The van der Waals surface area contributed by atoms with Crippen LogP contribution in [-0.4, -0.2) is 13.1 Å². The third kappa shape index (κ3) is 5.15. The molecular weight excluding hydrogens is 124 g/mol. The highest BCUT2D eigenvalue weighted by molar-refractivity contribution is 4.85. The third-order valence-corrected chi connectivity index (χ3v) is 1.12. The van der Waals surface area contributed by atoms with Gasteiger partial charge in [-0.3, -0.25) is 0 Å². The molecule has 2 heteroatoms. The molecule has 54 valence electrons. The van der Waals surface area contributed by atoms with Crippen LogP contribution in [0.1, 0.15) is 13.3 Å². The van der Waals surface area contributed by atoms with Gasteiger partial charge in [0.2, 0.25) is 0 Å². The fourth-order valence-corrected chi connectivity index (χ4v) is 0.525. The lowest BCUT2D eigenvalue weighted by molar-refractivity contribution is 0.609. The predicted molar refractivity (Wildman–Crippen MR) is 41.1 cm³/mol. The van der Waals surface area contributed by atoms with E-state index in [4.69, 9.17) is 11.7 Å². The van der Waals surface area contributed by atoms with E-state index in [0.717, 1.165) is 19.5 Å². The summed E-state index contributed by atoms with van der Waals surface area (Å²) in [5.74, 6) is 2.60. The average molecular weight is 136 g/mol. The molecule has 1 atom stereocenters. The summed E-state index contributed by atoms with van der Waals surface area (Å²) in [6.45, 7) is 3.42. The van der Waals surface area contributed by atoms with Gasteiger partial charge in [0.1, 0.15) is 0 Å². The van der Waals surface area contributed by atoms with Gasteiger partial charge >= 0.3 is 0 Å². The minimum absolute atomic E-state index is 0.0813. The van der Waals surface area contributed by atoms with Crippen molar-refractivity contribution < 1.29 is 0 Å². The van der Waals surface area contributed by atoms with Crippen LogP contribution in [-0.2, 0) is 0 Å². The molecule has 0 fully saturated rings. The summed E-state index contributed by atoms with van der Waals surface area (Å²) < 4.78 is 0. The van der Waals surface area contributed by atoms with Crippen LogP contribution in [0.15, 0.2) is 0 Å². The van der Waals surface area contributed by atoms with Crippen molar-refractivity contribution >= 4 is 0 Å². The fraction of sp³-hybridized carbons (Fsp3) is 0.625. The van der Waals surface area contributed by atoms with Crippen molar-refractivity contribution in [3.05, 3.63) is 0 Å². The molecule has 10 heavy (non-hydrogen) atoms. The molecule has 0 spiro atoms. The first-order valence-electron chi connectivity index (χ1n) is 3.35. The predicted octanol–water partition coefficient (Wildman–Crippen LogP) is 0.759. The first kappa shape index (κ1) is 9.01. The van der Waals surface area contributed by atoms with E-state index < -0.39 is 0 Å². The molecule has 0 amide bonds. The topological polar surface area (TPSA) is 35.8 Å². The van der Waals surface area contributed by atoms with E-state index in [1.807, 2.05) is 6.92 Å². The summed E-state index contributed by atoms with van der Waals surface area (Å²) in [5.41, 5.74) is 0. The number of nitriles is 1. The van der Waals surface area contributed by atoms with E-state index in [1.165, 1.54) is 0 Å². The maximum absolute atomic E-state index is 8.36. The molecule has 1 N–H and O–H groups in total. The fourth-order valence-electron chi connectivity index (χ4n) is 0.525. The summed E-state index contributed by atoms with van der Waals surface area (Å²) in [5, 5.41) is 11.4. The van der Waals surface area contributed by atoms with Crippen LogP contribution in [0.5, 0.6) is 0 Å². The van der Waals surface area contributed by atoms with Crippen LogP contribution >= 0.6 is 0 Å². The van der Waals surface area contributed by atoms with E-state index in [0.29, 0.717) is 0 Å². The quantitative estimate of drug-likeness (QED) is 0.457. The molecule has 0 bridgehead atoms. The molecule has 1 unspecified atom stereocenters. The number of nitrogens with zero attached hydrogens (tertiary/aromatic N) is 1. The van der Waals surface area contributed by atoms with Gasteiger partial charge in [-0.15, -0.1) is 12.3 Å². The van der Waals surface area contributed by atoms with E-state index in [2.05, 4.69) is 17.3 Å². The van der Waals surface area contributed by atoms with Crippen molar-refractivity contribution in [3.8, 4) is 18.4 Å². The summed E-state index contributed by atoms with van der Waals surface area (Å²) in [4.78, 5) is 0. The van der Waals surface area contributed by atoms with Crippen LogP contribution in [0, 0.1) is 29.6 Å². The average Bonchev–Trinajstić information content (AvgIpc) is 1.98. The van der Waals surface area contributed by atoms with E-state index >= 15 is 0 Å². The highest BCUT2D eigenvalue weighted by Gasteiger charge is 1.95. The molecule has 0 aromatic heterocycles. The molecule has 0 aromatic carbocycles. The van der Waals surface area contributed by atoms with E-state index in [-0.39, 0.29) is 5.92 Å². The van der Waals surface area contributed by atoms with Crippen LogP contribution in [0.4, 0.5) is 0 Å². The molecule has 0 aliphatic heterocycles. The molecule has 2 nitrogen and oxygen atoms in total. The van der Waals surface area contributed by atoms with Crippen LogP contribution in [0.2, 0.25) is 0 Å². The van der Waals surface area contributed by atoms with Gasteiger partial charge in [-0.2, -0.15) is 5.26 Å². The second-order valence-electron chi connectivity index (χ2n) is 2.19. The van der Waals surface area contributed by atoms with Gasteiger partial charge in [-0.05, 0) is 6.92 Å². The van der Waals surface area contributed by atoms with Crippen molar-refractivity contribution in [2.24, 2.45) is 5.92 Å². The molecule has 0 saturated carbocycles. The van der Waals surface area contributed by atoms with Crippen molar-refractivity contribution in [2.45, 2.75) is 13.3 Å². The number of rotatable bonds is 4. The maximum atomic E-state index is 8.36. The van der Waals surface area contributed by atoms with Gasteiger partial charge in [-0.1, -0.05) is 0 Å². The normalized spacial score (nSPS) is 11.5. The van der Waals surface area contributed by atoms with Gasteiger partial charge in [0.05, 0.1) is 12.0 Å². The summed E-state index contributed by atoms with van der Waals surface area (Å²) in [7, 11) is 0. The lowest BCUT2D eigenvalue weighted by Gasteiger charge is -2.01. The first-order valence-corrected chi connectivity index (χ1v) is 3.35. The second-order valence-corrected chi connectivity index (χ2v) is 2.19. The third-order valence-electron chi connectivity index (χ3n) is 1.12. The maximum Gasteiger partial charge on any atom is 0.0666 e. The van der Waals surface area contributed by atoms with E-state index in [1.54, 1.807) is 0 Å². The van der Waals surface area contributed by atoms with Crippen molar-refractivity contribution in [1.29, 1.82) is 5.26 Å². The Kier molecular flexibility index (Phi) is 5.53. The van der Waals surface area contributed by atoms with Gasteiger partial charge in [-0.25, -0.2) is 0 Å². The Morgan fingerprint density at radius 3 is 2.90 bits per heavy atom. The van der Waals surface area contributed by atoms with Crippen molar-refractivity contribution in [3.63, 3.8) is 0 Å². The minimum atomic E-state index is 0.0813. The number of hydrogen-bond donors (Lipinski definition) is 1. The highest BCUT2D eigenvalue weighted by Crippen LogP contribution is 1.86. The van der Waals surface area contributed by atoms with Crippen LogP contribution in [0.25, 0.3) is 0 Å². The zero-order chi connectivity index (χ0) is 7.82. The Morgan fingerprint density at radius 2 is 2.40 bits per heavy atom. The smallest absolute Gasteiger partial charge is 0.0666 e. The Bertz CT molecular complexity index is 150. The van der Waals surface area contributed by atoms with E-state index in [9.17, 15) is 0 Å². The Hall–Kier alpha value is -0.990. The highest BCUT2D eigenvalue weighted by atomic mass is 14.8. The Labute approximate surface area is 62.2 Å². The van der Waals surface area contributed by atoms with Crippen LogP contribution < -0.4 is 5.32 Å². The standard InChI is InChI=1S/C8H12N2/c1-3-4-5-10-7-8(2)6-9/h1,8,10H,4-5,7H2,2H3. The SMILES string of the molecule is C#CCCNCC(C)C#N. The van der Waals surface area contributed by atoms with Crippen molar-refractivity contribution in [2.75, 3.05) is 13.1 Å². The zero-order valence-electron chi connectivity index (χ0n) is 6.22. The van der Waals surface area contributed by atoms with Gasteiger partial charge in [0.15, 0.2) is 0 Å². The second kappa shape index (κ2) is 6.13.